The van der Waals surface area contributed by atoms with E-state index >= 15 is 0 Å². The van der Waals surface area contributed by atoms with Crippen LogP contribution in [-0.4, -0.2) is 9.97 Å². The predicted octanol–water partition coefficient (Wildman–Crippen LogP) is 2.31. The van der Waals surface area contributed by atoms with E-state index in [4.69, 9.17) is 0 Å². The van der Waals surface area contributed by atoms with Crippen LogP contribution < -0.4 is 0 Å². The van der Waals surface area contributed by atoms with Crippen LogP contribution in [0, 0.1) is 9.39 Å². The number of hydrogen-bond donors (Lipinski definition) is 1. The lowest BCUT2D eigenvalue weighted by Crippen LogP contribution is -1.80. The maximum absolute atomic E-state index is 12.9. The van der Waals surface area contributed by atoms with Crippen molar-refractivity contribution in [3.8, 4) is 0 Å². The molecule has 1 heterocycles. The van der Waals surface area contributed by atoms with Gasteiger partial charge in [-0.2, -0.15) is 0 Å². The van der Waals surface area contributed by atoms with Gasteiger partial charge in [0.25, 0.3) is 0 Å². The highest BCUT2D eigenvalue weighted by atomic mass is 127. The molecule has 0 aliphatic heterocycles. The second-order valence-electron chi connectivity index (χ2n) is 2.16. The molecule has 2 aromatic rings. The van der Waals surface area contributed by atoms with Gasteiger partial charge >= 0.3 is 0 Å². The van der Waals surface area contributed by atoms with Crippen LogP contribution in [-0.2, 0) is 0 Å². The van der Waals surface area contributed by atoms with Crippen molar-refractivity contribution in [3.05, 3.63) is 27.8 Å². The van der Waals surface area contributed by atoms with E-state index in [1.165, 1.54) is 12.4 Å². The molecule has 0 radical (unpaired) electrons. The number of nitrogens with zero attached hydrogens (tertiary/aromatic N) is 1. The van der Waals surface area contributed by atoms with Gasteiger partial charge in [-0.05, 0) is 34.7 Å². The Bertz CT molecular complexity index is 360. The van der Waals surface area contributed by atoms with Crippen LogP contribution in [0.3, 0.4) is 0 Å². The maximum atomic E-state index is 12.9. The fraction of sp³-hybridized carbons (Fsp3) is 0. The Hall–Kier alpha value is -0.650. The van der Waals surface area contributed by atoms with Crippen molar-refractivity contribution in [3.63, 3.8) is 0 Å². The third kappa shape index (κ3) is 1.01. The molecule has 0 aliphatic carbocycles. The van der Waals surface area contributed by atoms with Crippen molar-refractivity contribution in [1.82, 2.24) is 9.97 Å². The first-order valence-electron chi connectivity index (χ1n) is 3.06. The van der Waals surface area contributed by atoms with Crippen molar-refractivity contribution in [1.29, 1.82) is 0 Å². The van der Waals surface area contributed by atoms with Gasteiger partial charge in [-0.1, -0.05) is 0 Å². The van der Waals surface area contributed by atoms with Gasteiger partial charge < -0.3 is 4.98 Å². The highest BCUT2D eigenvalue weighted by Crippen LogP contribution is 2.19. The molecule has 1 aromatic heterocycles. The normalized spacial score (nSPS) is 10.7. The molecule has 0 bridgehead atoms. The Morgan fingerprint density at radius 1 is 1.45 bits per heavy atom. The number of imidazole rings is 1. The summed E-state index contributed by atoms with van der Waals surface area (Å²) in [5.74, 6) is -0.276. The molecule has 11 heavy (non-hydrogen) atoms. The SMILES string of the molecule is Fc1ccc(I)c2[nH]cnc12. The topological polar surface area (TPSA) is 28.7 Å². The standard InChI is InChI=1S/C7H4FIN2/c8-4-1-2-5(9)7-6(4)10-3-11-7/h1-3H,(H,10,11). The quantitative estimate of drug-likeness (QED) is 0.725. The summed E-state index contributed by atoms with van der Waals surface area (Å²) < 4.78 is 13.9. The Morgan fingerprint density at radius 3 is 3.00 bits per heavy atom. The molecular weight excluding hydrogens is 258 g/mol. The number of fused-ring (bicyclic) bond motifs is 1. The molecular formula is C7H4FIN2. The summed E-state index contributed by atoms with van der Waals surface area (Å²) in [5, 5.41) is 0. The zero-order valence-corrected chi connectivity index (χ0v) is 7.59. The van der Waals surface area contributed by atoms with E-state index in [1.54, 1.807) is 6.07 Å². The zero-order valence-electron chi connectivity index (χ0n) is 5.44. The summed E-state index contributed by atoms with van der Waals surface area (Å²) in [6, 6.07) is 3.14. The largest absolute Gasteiger partial charge is 0.344 e. The lowest BCUT2D eigenvalue weighted by atomic mass is 10.3. The third-order valence-electron chi connectivity index (χ3n) is 1.48. The summed E-state index contributed by atoms with van der Waals surface area (Å²) >= 11 is 2.13. The molecule has 0 unspecified atom stereocenters. The van der Waals surface area contributed by atoms with Gasteiger partial charge in [0.2, 0.25) is 0 Å². The second-order valence-corrected chi connectivity index (χ2v) is 3.32. The second kappa shape index (κ2) is 2.44. The van der Waals surface area contributed by atoms with E-state index in [-0.39, 0.29) is 5.82 Å². The molecule has 4 heteroatoms. The number of benzene rings is 1. The average Bonchev–Trinajstić information content (AvgIpc) is 2.45. The molecule has 2 rings (SSSR count). The van der Waals surface area contributed by atoms with E-state index in [0.29, 0.717) is 5.52 Å². The highest BCUT2D eigenvalue weighted by Gasteiger charge is 2.04. The minimum atomic E-state index is -0.276. The van der Waals surface area contributed by atoms with Crippen LogP contribution in [0.4, 0.5) is 4.39 Å². The minimum Gasteiger partial charge on any atom is -0.344 e. The molecule has 0 atom stereocenters. The molecule has 56 valence electrons. The Kier molecular flexibility index (Phi) is 1.56. The van der Waals surface area contributed by atoms with E-state index in [9.17, 15) is 4.39 Å². The molecule has 0 amide bonds. The van der Waals surface area contributed by atoms with E-state index in [0.717, 1.165) is 9.09 Å². The molecule has 0 spiro atoms. The monoisotopic (exact) mass is 262 g/mol. The van der Waals surface area contributed by atoms with Gasteiger partial charge in [0.15, 0.2) is 5.82 Å². The molecule has 0 saturated heterocycles. The van der Waals surface area contributed by atoms with Crippen molar-refractivity contribution < 1.29 is 4.39 Å². The van der Waals surface area contributed by atoms with Crippen LogP contribution in [0.2, 0.25) is 0 Å². The van der Waals surface area contributed by atoms with Gasteiger partial charge in [-0.3, -0.25) is 0 Å². The van der Waals surface area contributed by atoms with Gasteiger partial charge in [0, 0.05) is 3.57 Å². The number of H-pyrrole nitrogens is 1. The zero-order chi connectivity index (χ0) is 7.84. The summed E-state index contributed by atoms with van der Waals surface area (Å²) in [5.41, 5.74) is 1.18. The van der Waals surface area contributed by atoms with E-state index in [1.807, 2.05) is 0 Å². The van der Waals surface area contributed by atoms with Crippen LogP contribution in [0.1, 0.15) is 0 Å². The lowest BCUT2D eigenvalue weighted by molar-refractivity contribution is 0.637. The Labute approximate surface area is 76.0 Å². The smallest absolute Gasteiger partial charge is 0.151 e. The van der Waals surface area contributed by atoms with Crippen LogP contribution in [0.15, 0.2) is 18.5 Å². The van der Waals surface area contributed by atoms with Gasteiger partial charge in [0.05, 0.1) is 11.8 Å². The number of halogens is 2. The van der Waals surface area contributed by atoms with Crippen LogP contribution >= 0.6 is 22.6 Å². The molecule has 0 aliphatic rings. The molecule has 0 saturated carbocycles. The van der Waals surface area contributed by atoms with Gasteiger partial charge in [-0.15, -0.1) is 0 Å². The molecule has 2 nitrogen and oxygen atoms in total. The summed E-state index contributed by atoms with van der Waals surface area (Å²) in [6.45, 7) is 0. The van der Waals surface area contributed by atoms with Crippen molar-refractivity contribution in [2.75, 3.05) is 0 Å². The molecule has 1 aromatic carbocycles. The molecule has 0 fully saturated rings. The summed E-state index contributed by atoms with van der Waals surface area (Å²) in [7, 11) is 0. The van der Waals surface area contributed by atoms with Crippen molar-refractivity contribution in [2.45, 2.75) is 0 Å². The lowest BCUT2D eigenvalue weighted by Gasteiger charge is -1.92. The van der Waals surface area contributed by atoms with Crippen molar-refractivity contribution in [2.24, 2.45) is 0 Å². The highest BCUT2D eigenvalue weighted by molar-refractivity contribution is 14.1. The number of nitrogens with one attached hydrogen (secondary N) is 1. The van der Waals surface area contributed by atoms with Crippen LogP contribution in [0.25, 0.3) is 11.0 Å². The Balaban J connectivity index is 2.96. The van der Waals surface area contributed by atoms with Crippen molar-refractivity contribution >= 4 is 33.6 Å². The average molecular weight is 262 g/mol. The Morgan fingerprint density at radius 2 is 2.27 bits per heavy atom. The van der Waals surface area contributed by atoms with E-state index < -0.39 is 0 Å². The fourth-order valence-electron chi connectivity index (χ4n) is 0.966. The fourth-order valence-corrected chi connectivity index (χ4v) is 1.56. The number of rotatable bonds is 0. The van der Waals surface area contributed by atoms with E-state index in [2.05, 4.69) is 32.6 Å². The summed E-state index contributed by atoms with van der Waals surface area (Å²) in [4.78, 5) is 6.71. The first-order valence-corrected chi connectivity index (χ1v) is 4.14. The van der Waals surface area contributed by atoms with Gasteiger partial charge in [0.1, 0.15) is 5.52 Å². The minimum absolute atomic E-state index is 0.276. The van der Waals surface area contributed by atoms with Gasteiger partial charge in [-0.25, -0.2) is 9.37 Å². The third-order valence-corrected chi connectivity index (χ3v) is 2.38. The van der Waals surface area contributed by atoms with Crippen LogP contribution in [0.5, 0.6) is 0 Å². The molecule has 1 N–H and O–H groups in total. The number of hydrogen-bond acceptors (Lipinski definition) is 1. The number of aromatic amines is 1. The first-order chi connectivity index (χ1) is 5.29. The maximum Gasteiger partial charge on any atom is 0.151 e. The number of aromatic nitrogens is 2. The summed E-state index contributed by atoms with van der Waals surface area (Å²) in [6.07, 6.45) is 1.50. The first kappa shape index (κ1) is 7.02. The predicted molar refractivity (Wildman–Crippen MR) is 48.8 cm³/mol.